The van der Waals surface area contributed by atoms with Crippen LogP contribution in [-0.4, -0.2) is 52.0 Å². The highest BCUT2D eigenvalue weighted by molar-refractivity contribution is 6.01. The first kappa shape index (κ1) is 20.6. The van der Waals surface area contributed by atoms with Gasteiger partial charge in [-0.2, -0.15) is 0 Å². The van der Waals surface area contributed by atoms with E-state index in [2.05, 4.69) is 6.92 Å². The van der Waals surface area contributed by atoms with Crippen LogP contribution >= 0.6 is 0 Å². The lowest BCUT2D eigenvalue weighted by molar-refractivity contribution is -0.225. The van der Waals surface area contributed by atoms with Gasteiger partial charge in [-0.3, -0.25) is 9.59 Å². The Morgan fingerprint density at radius 3 is 2.70 bits per heavy atom. The highest BCUT2D eigenvalue weighted by Gasteiger charge is 2.76. The summed E-state index contributed by atoms with van der Waals surface area (Å²) in [6.07, 6.45) is 7.04. The fraction of sp³-hybridized carbons (Fsp3) is 0.750. The van der Waals surface area contributed by atoms with Crippen molar-refractivity contribution in [3.8, 4) is 0 Å². The smallest absolute Gasteiger partial charge is 0.193 e. The van der Waals surface area contributed by atoms with E-state index in [9.17, 15) is 19.8 Å². The summed E-state index contributed by atoms with van der Waals surface area (Å²) in [5.41, 5.74) is -1.12. The predicted octanol–water partition coefficient (Wildman–Crippen LogP) is 2.33. The molecule has 4 aliphatic carbocycles. The molecule has 5 aliphatic rings. The van der Waals surface area contributed by atoms with Crippen molar-refractivity contribution in [2.24, 2.45) is 28.6 Å². The number of Topliss-reactive ketones (excluding diaryl/α,β-unsaturated/α-hetero) is 1. The van der Waals surface area contributed by atoms with Crippen molar-refractivity contribution in [2.75, 3.05) is 6.61 Å². The number of allylic oxidation sites excluding steroid dienone is 4. The molecule has 0 aromatic carbocycles. The van der Waals surface area contributed by atoms with Crippen LogP contribution < -0.4 is 0 Å². The average molecular weight is 417 g/mol. The first-order valence-electron chi connectivity index (χ1n) is 11.1. The number of hydrogen-bond acceptors (Lipinski definition) is 6. The van der Waals surface area contributed by atoms with E-state index in [1.807, 2.05) is 13.0 Å². The Morgan fingerprint density at radius 1 is 1.27 bits per heavy atom. The van der Waals surface area contributed by atoms with Crippen LogP contribution in [0.2, 0.25) is 0 Å². The maximum absolute atomic E-state index is 13.2. The van der Waals surface area contributed by atoms with Crippen LogP contribution in [0.4, 0.5) is 0 Å². The van der Waals surface area contributed by atoms with Gasteiger partial charge in [-0.05, 0) is 63.5 Å². The van der Waals surface area contributed by atoms with Crippen molar-refractivity contribution in [1.29, 1.82) is 0 Å². The lowest BCUT2D eigenvalue weighted by Gasteiger charge is -2.59. The number of rotatable bonds is 2. The minimum Gasteiger partial charge on any atom is -0.393 e. The van der Waals surface area contributed by atoms with Gasteiger partial charge in [-0.15, -0.1) is 0 Å². The summed E-state index contributed by atoms with van der Waals surface area (Å²) in [6.45, 7) is 7.19. The lowest BCUT2D eigenvalue weighted by atomic mass is 9.46. The summed E-state index contributed by atoms with van der Waals surface area (Å²) in [4.78, 5) is 25.1. The van der Waals surface area contributed by atoms with E-state index >= 15 is 0 Å². The minimum absolute atomic E-state index is 0.0167. The highest BCUT2D eigenvalue weighted by atomic mass is 16.8. The van der Waals surface area contributed by atoms with Crippen LogP contribution in [0, 0.1) is 28.6 Å². The second kappa shape index (κ2) is 6.12. The summed E-state index contributed by atoms with van der Waals surface area (Å²) in [6, 6.07) is 0. The van der Waals surface area contributed by atoms with Gasteiger partial charge in [0.15, 0.2) is 23.0 Å². The second-order valence-corrected chi connectivity index (χ2v) is 10.9. The Kier molecular flexibility index (Phi) is 4.20. The first-order chi connectivity index (χ1) is 14.0. The van der Waals surface area contributed by atoms with Gasteiger partial charge in [0, 0.05) is 16.7 Å². The molecule has 0 spiro atoms. The van der Waals surface area contributed by atoms with Crippen molar-refractivity contribution in [3.05, 3.63) is 23.8 Å². The third-order valence-electron chi connectivity index (χ3n) is 9.05. The number of ketones is 2. The number of ether oxygens (including phenoxy) is 2. The van der Waals surface area contributed by atoms with E-state index in [1.54, 1.807) is 26.0 Å². The summed E-state index contributed by atoms with van der Waals surface area (Å²) >= 11 is 0. The van der Waals surface area contributed by atoms with Gasteiger partial charge in [0.25, 0.3) is 0 Å². The zero-order valence-electron chi connectivity index (χ0n) is 18.2. The number of carbonyl (C=O) groups is 2. The molecule has 6 heteroatoms. The molecular formula is C24H32O6. The lowest BCUT2D eigenvalue weighted by Crippen LogP contribution is -2.63. The zero-order chi connectivity index (χ0) is 21.7. The summed E-state index contributed by atoms with van der Waals surface area (Å²) < 4.78 is 12.6. The predicted molar refractivity (Wildman–Crippen MR) is 108 cm³/mol. The minimum atomic E-state index is -1.24. The molecule has 1 aliphatic heterocycles. The molecule has 0 unspecified atom stereocenters. The largest absolute Gasteiger partial charge is 0.393 e. The molecule has 6 nitrogen and oxygen atoms in total. The molecule has 0 radical (unpaired) electrons. The number of fused-ring (bicyclic) bond motifs is 7. The molecule has 5 rings (SSSR count). The summed E-state index contributed by atoms with van der Waals surface area (Å²) in [5.74, 6) is -0.947. The first-order valence-corrected chi connectivity index (χ1v) is 11.1. The molecule has 164 valence electrons. The molecule has 0 aromatic heterocycles. The number of carbonyl (C=O) groups excluding carboxylic acids is 2. The van der Waals surface area contributed by atoms with Gasteiger partial charge in [0.2, 0.25) is 0 Å². The molecule has 0 bridgehead atoms. The Balaban J connectivity index is 1.59. The number of hydrogen-bond donors (Lipinski definition) is 2. The molecule has 1 saturated heterocycles. The third kappa shape index (κ3) is 2.34. The molecule has 8 atom stereocenters. The SMILES string of the molecule is CC1(C)O[C@@H]2C[C@H]3[C@@H]4CCC5=CC(=O)C=C[C@]5(C)[C@H]4[C@@H](O)C[C@]3(C)[C@@]2(C(=O)CO)O1. The molecule has 1 heterocycles. The maximum Gasteiger partial charge on any atom is 0.193 e. The summed E-state index contributed by atoms with van der Waals surface area (Å²) in [7, 11) is 0. The van der Waals surface area contributed by atoms with Crippen LogP contribution in [0.15, 0.2) is 23.8 Å². The number of aliphatic hydroxyl groups is 2. The van der Waals surface area contributed by atoms with Gasteiger partial charge >= 0.3 is 0 Å². The quantitative estimate of drug-likeness (QED) is 0.718. The average Bonchev–Trinajstić information content (AvgIpc) is 3.07. The zero-order valence-corrected chi connectivity index (χ0v) is 18.2. The van der Waals surface area contributed by atoms with E-state index < -0.39 is 35.6 Å². The van der Waals surface area contributed by atoms with E-state index in [1.165, 1.54) is 0 Å². The van der Waals surface area contributed by atoms with E-state index in [0.717, 1.165) is 18.4 Å². The van der Waals surface area contributed by atoms with Crippen LogP contribution in [0.3, 0.4) is 0 Å². The summed E-state index contributed by atoms with van der Waals surface area (Å²) in [5, 5.41) is 21.3. The van der Waals surface area contributed by atoms with Crippen molar-refractivity contribution >= 4 is 11.6 Å². The fourth-order valence-corrected chi connectivity index (χ4v) is 8.04. The van der Waals surface area contributed by atoms with Gasteiger partial charge in [0.05, 0.1) is 12.2 Å². The van der Waals surface area contributed by atoms with Crippen LogP contribution in [-0.2, 0) is 19.1 Å². The monoisotopic (exact) mass is 416 g/mol. The highest BCUT2D eigenvalue weighted by Crippen LogP contribution is 2.70. The van der Waals surface area contributed by atoms with Crippen molar-refractivity contribution in [2.45, 2.75) is 77.0 Å². The Labute approximate surface area is 177 Å². The molecule has 3 saturated carbocycles. The van der Waals surface area contributed by atoms with Gasteiger partial charge < -0.3 is 19.7 Å². The van der Waals surface area contributed by atoms with E-state index in [0.29, 0.717) is 12.8 Å². The van der Waals surface area contributed by atoms with Gasteiger partial charge in [0.1, 0.15) is 6.61 Å². The van der Waals surface area contributed by atoms with Crippen molar-refractivity contribution in [1.82, 2.24) is 0 Å². The third-order valence-corrected chi connectivity index (χ3v) is 9.05. The van der Waals surface area contributed by atoms with Gasteiger partial charge in [-0.25, -0.2) is 0 Å². The van der Waals surface area contributed by atoms with E-state index in [-0.39, 0.29) is 34.7 Å². The molecule has 0 aromatic rings. The number of aliphatic hydroxyl groups excluding tert-OH is 2. The maximum atomic E-state index is 13.2. The molecule has 0 amide bonds. The second-order valence-electron chi connectivity index (χ2n) is 10.9. The topological polar surface area (TPSA) is 93.1 Å². The Hall–Kier alpha value is -1.34. The fourth-order valence-electron chi connectivity index (χ4n) is 8.04. The van der Waals surface area contributed by atoms with Gasteiger partial charge in [-0.1, -0.05) is 25.5 Å². The molecule has 2 N–H and O–H groups in total. The normalized spacial score (nSPS) is 50.9. The molecule has 4 fully saturated rings. The molecular weight excluding hydrogens is 384 g/mol. The standard InChI is InChI=1S/C24H32O6/c1-21(2)29-19-10-16-15-6-5-13-9-14(26)7-8-22(13,3)20(15)17(27)11-23(16,4)24(19,30-21)18(28)12-25/h7-9,15-17,19-20,25,27H,5-6,10-12H2,1-4H3/t15-,16-,17-,19+,20+,22-,23-,24-/m0/s1. The Morgan fingerprint density at radius 2 is 2.00 bits per heavy atom. The van der Waals surface area contributed by atoms with Crippen molar-refractivity contribution in [3.63, 3.8) is 0 Å². The molecule has 30 heavy (non-hydrogen) atoms. The van der Waals surface area contributed by atoms with Crippen molar-refractivity contribution < 1.29 is 29.3 Å². The van der Waals surface area contributed by atoms with Crippen LogP contribution in [0.5, 0.6) is 0 Å². The van der Waals surface area contributed by atoms with Crippen LogP contribution in [0.25, 0.3) is 0 Å². The van der Waals surface area contributed by atoms with E-state index in [4.69, 9.17) is 9.47 Å². The van der Waals surface area contributed by atoms with Crippen LogP contribution in [0.1, 0.15) is 53.4 Å². The Bertz CT molecular complexity index is 873.